The van der Waals surface area contributed by atoms with Crippen molar-refractivity contribution in [2.75, 3.05) is 26.2 Å². The van der Waals surface area contributed by atoms with Crippen molar-refractivity contribution in [1.82, 2.24) is 9.80 Å². The van der Waals surface area contributed by atoms with E-state index in [0.29, 0.717) is 6.04 Å². The molecule has 0 spiro atoms. The highest BCUT2D eigenvalue weighted by Crippen LogP contribution is 2.25. The SMILES string of the molecule is CC(C(N)c1ccc(F)cc1)N1CCCN2CCCC2C1. The van der Waals surface area contributed by atoms with Crippen LogP contribution in [0.1, 0.15) is 37.8 Å². The van der Waals surface area contributed by atoms with Gasteiger partial charge in [0.25, 0.3) is 0 Å². The van der Waals surface area contributed by atoms with Gasteiger partial charge in [-0.25, -0.2) is 4.39 Å². The van der Waals surface area contributed by atoms with Crippen molar-refractivity contribution >= 4 is 0 Å². The van der Waals surface area contributed by atoms with Crippen LogP contribution in [-0.4, -0.2) is 48.1 Å². The number of hydrogen-bond acceptors (Lipinski definition) is 3. The molecule has 2 heterocycles. The predicted molar refractivity (Wildman–Crippen MR) is 83.6 cm³/mol. The summed E-state index contributed by atoms with van der Waals surface area (Å²) in [4.78, 5) is 5.17. The fraction of sp³-hybridized carbons (Fsp3) is 0.647. The normalized spacial score (nSPS) is 27.1. The zero-order chi connectivity index (χ0) is 14.8. The number of fused-ring (bicyclic) bond motifs is 1. The van der Waals surface area contributed by atoms with E-state index in [1.807, 2.05) is 12.1 Å². The van der Waals surface area contributed by atoms with Gasteiger partial charge in [-0.3, -0.25) is 9.80 Å². The van der Waals surface area contributed by atoms with Crippen molar-refractivity contribution in [3.05, 3.63) is 35.6 Å². The first-order valence-corrected chi connectivity index (χ1v) is 8.14. The highest BCUT2D eigenvalue weighted by Gasteiger charge is 2.32. The maximum Gasteiger partial charge on any atom is 0.123 e. The molecule has 0 aromatic heterocycles. The van der Waals surface area contributed by atoms with Crippen LogP contribution in [0.4, 0.5) is 4.39 Å². The minimum absolute atomic E-state index is 0.0569. The Bertz CT molecular complexity index is 462. The fourth-order valence-electron chi connectivity index (χ4n) is 3.80. The molecule has 4 heteroatoms. The minimum Gasteiger partial charge on any atom is -0.323 e. The second-order valence-corrected chi connectivity index (χ2v) is 6.50. The molecule has 21 heavy (non-hydrogen) atoms. The van der Waals surface area contributed by atoms with Gasteiger partial charge < -0.3 is 5.73 Å². The molecule has 0 amide bonds. The van der Waals surface area contributed by atoms with Gasteiger partial charge in [-0.2, -0.15) is 0 Å². The van der Waals surface area contributed by atoms with Crippen LogP contribution in [0.5, 0.6) is 0 Å². The standard InChI is InChI=1S/C17H26FN3/c1-13(17(19)14-5-7-15(18)8-6-14)21-11-3-10-20-9-2-4-16(20)12-21/h5-8,13,16-17H,2-4,9-12,19H2,1H3. The Labute approximate surface area is 126 Å². The summed E-state index contributed by atoms with van der Waals surface area (Å²) in [7, 11) is 0. The third-order valence-corrected chi connectivity index (χ3v) is 5.19. The summed E-state index contributed by atoms with van der Waals surface area (Å²) < 4.78 is 13.0. The van der Waals surface area contributed by atoms with E-state index in [1.54, 1.807) is 0 Å². The number of rotatable bonds is 3. The first kappa shape index (κ1) is 14.9. The zero-order valence-electron chi connectivity index (χ0n) is 12.8. The van der Waals surface area contributed by atoms with Gasteiger partial charge in [-0.05, 0) is 63.5 Å². The van der Waals surface area contributed by atoms with E-state index in [4.69, 9.17) is 5.73 Å². The summed E-state index contributed by atoms with van der Waals surface area (Å²) in [6.07, 6.45) is 3.86. The van der Waals surface area contributed by atoms with E-state index in [-0.39, 0.29) is 17.9 Å². The highest BCUT2D eigenvalue weighted by molar-refractivity contribution is 5.21. The second kappa shape index (κ2) is 6.42. The Morgan fingerprint density at radius 1 is 1.14 bits per heavy atom. The van der Waals surface area contributed by atoms with Gasteiger partial charge in [-0.15, -0.1) is 0 Å². The van der Waals surface area contributed by atoms with Crippen LogP contribution in [0.3, 0.4) is 0 Å². The van der Waals surface area contributed by atoms with Crippen molar-refractivity contribution in [1.29, 1.82) is 0 Å². The molecule has 0 bridgehead atoms. The van der Waals surface area contributed by atoms with E-state index < -0.39 is 0 Å². The molecule has 1 aromatic carbocycles. The molecule has 3 rings (SSSR count). The Morgan fingerprint density at radius 3 is 2.62 bits per heavy atom. The number of nitrogens with two attached hydrogens (primary N) is 1. The van der Waals surface area contributed by atoms with Crippen LogP contribution < -0.4 is 5.73 Å². The third kappa shape index (κ3) is 3.28. The monoisotopic (exact) mass is 291 g/mol. The van der Waals surface area contributed by atoms with E-state index in [0.717, 1.165) is 18.7 Å². The Morgan fingerprint density at radius 2 is 1.86 bits per heavy atom. The summed E-state index contributed by atoms with van der Waals surface area (Å²) in [6.45, 7) is 6.92. The van der Waals surface area contributed by atoms with Gasteiger partial charge in [0.1, 0.15) is 5.82 Å². The van der Waals surface area contributed by atoms with Crippen LogP contribution in [-0.2, 0) is 0 Å². The van der Waals surface area contributed by atoms with E-state index in [2.05, 4.69) is 16.7 Å². The maximum absolute atomic E-state index is 13.0. The van der Waals surface area contributed by atoms with Crippen molar-refractivity contribution in [3.63, 3.8) is 0 Å². The molecule has 0 saturated carbocycles. The van der Waals surface area contributed by atoms with Crippen molar-refractivity contribution < 1.29 is 4.39 Å². The lowest BCUT2D eigenvalue weighted by Crippen LogP contribution is -2.45. The molecule has 3 atom stereocenters. The molecule has 1 aromatic rings. The van der Waals surface area contributed by atoms with Crippen molar-refractivity contribution in [3.8, 4) is 0 Å². The van der Waals surface area contributed by atoms with E-state index in [1.165, 1.54) is 44.5 Å². The van der Waals surface area contributed by atoms with Gasteiger partial charge in [0.2, 0.25) is 0 Å². The third-order valence-electron chi connectivity index (χ3n) is 5.19. The van der Waals surface area contributed by atoms with Gasteiger partial charge in [0.15, 0.2) is 0 Å². The number of nitrogens with zero attached hydrogens (tertiary/aromatic N) is 2. The molecule has 2 aliphatic heterocycles. The fourth-order valence-corrected chi connectivity index (χ4v) is 3.80. The van der Waals surface area contributed by atoms with Crippen molar-refractivity contribution in [2.24, 2.45) is 5.73 Å². The molecular weight excluding hydrogens is 265 g/mol. The summed E-state index contributed by atoms with van der Waals surface area (Å²) in [5.41, 5.74) is 7.45. The summed E-state index contributed by atoms with van der Waals surface area (Å²) in [5.74, 6) is -0.199. The van der Waals surface area contributed by atoms with Crippen LogP contribution in [0, 0.1) is 5.82 Å². The number of halogens is 1. The van der Waals surface area contributed by atoms with Gasteiger partial charge in [0, 0.05) is 24.7 Å². The van der Waals surface area contributed by atoms with E-state index >= 15 is 0 Å². The Hall–Kier alpha value is -0.970. The molecule has 0 aliphatic carbocycles. The summed E-state index contributed by atoms with van der Waals surface area (Å²) in [5, 5.41) is 0. The van der Waals surface area contributed by atoms with Crippen LogP contribution in [0.2, 0.25) is 0 Å². The topological polar surface area (TPSA) is 32.5 Å². The molecule has 2 N–H and O–H groups in total. The highest BCUT2D eigenvalue weighted by atomic mass is 19.1. The molecule has 0 radical (unpaired) electrons. The van der Waals surface area contributed by atoms with Crippen LogP contribution in [0.15, 0.2) is 24.3 Å². The van der Waals surface area contributed by atoms with Crippen LogP contribution >= 0.6 is 0 Å². The molecular formula is C17H26FN3. The van der Waals surface area contributed by atoms with Gasteiger partial charge >= 0.3 is 0 Å². The van der Waals surface area contributed by atoms with Gasteiger partial charge in [-0.1, -0.05) is 12.1 Å². The lowest BCUT2D eigenvalue weighted by atomic mass is 9.99. The maximum atomic E-state index is 13.0. The average molecular weight is 291 g/mol. The Balaban J connectivity index is 1.68. The molecule has 116 valence electrons. The zero-order valence-corrected chi connectivity index (χ0v) is 12.8. The first-order valence-electron chi connectivity index (χ1n) is 8.14. The van der Waals surface area contributed by atoms with Crippen LogP contribution in [0.25, 0.3) is 0 Å². The molecule has 3 unspecified atom stereocenters. The van der Waals surface area contributed by atoms with E-state index in [9.17, 15) is 4.39 Å². The molecule has 2 aliphatic rings. The van der Waals surface area contributed by atoms with Gasteiger partial charge in [0.05, 0.1) is 0 Å². The molecule has 2 fully saturated rings. The number of hydrogen-bond donors (Lipinski definition) is 1. The minimum atomic E-state index is -0.199. The summed E-state index contributed by atoms with van der Waals surface area (Å²) in [6, 6.07) is 7.57. The van der Waals surface area contributed by atoms with Crippen molar-refractivity contribution in [2.45, 2.75) is 44.3 Å². The number of benzene rings is 1. The average Bonchev–Trinajstić information content (AvgIpc) is 2.83. The summed E-state index contributed by atoms with van der Waals surface area (Å²) >= 11 is 0. The quantitative estimate of drug-likeness (QED) is 0.928. The smallest absolute Gasteiger partial charge is 0.123 e. The Kier molecular flexibility index (Phi) is 4.57. The second-order valence-electron chi connectivity index (χ2n) is 6.50. The lowest BCUT2D eigenvalue weighted by molar-refractivity contribution is 0.163. The molecule has 3 nitrogen and oxygen atoms in total. The predicted octanol–water partition coefficient (Wildman–Crippen LogP) is 2.38. The first-order chi connectivity index (χ1) is 10.1. The lowest BCUT2D eigenvalue weighted by Gasteiger charge is -2.34. The molecule has 2 saturated heterocycles. The largest absolute Gasteiger partial charge is 0.323 e.